The molecule has 0 bridgehead atoms. The zero-order valence-electron chi connectivity index (χ0n) is 10.5. The van der Waals surface area contributed by atoms with Gasteiger partial charge in [-0.05, 0) is 19.9 Å². The first-order chi connectivity index (χ1) is 9.21. The molecule has 0 atom stereocenters. The molecule has 2 aromatic heterocycles. The van der Waals surface area contributed by atoms with Gasteiger partial charge in [-0.1, -0.05) is 11.6 Å². The number of nitrogens with zero attached hydrogens (tertiary/aromatic N) is 3. The quantitative estimate of drug-likeness (QED) is 0.798. The van der Waals surface area contributed by atoms with E-state index in [1.165, 1.54) is 17.8 Å². The fourth-order valence-electron chi connectivity index (χ4n) is 1.71. The van der Waals surface area contributed by atoms with Crippen LogP contribution in [0.2, 0.25) is 5.02 Å². The highest BCUT2D eigenvalue weighted by molar-refractivity contribution is 6.32. The number of carbonyl (C=O) groups is 1. The number of pyridine rings is 1. The summed E-state index contributed by atoms with van der Waals surface area (Å²) in [6.45, 7) is 2.98. The SMILES string of the molecule is CC(=O)c1cnn(-c2ncc(C(F)(F)F)cc2Cl)c1C. The van der Waals surface area contributed by atoms with Crippen LogP contribution in [0.4, 0.5) is 13.2 Å². The van der Waals surface area contributed by atoms with Gasteiger partial charge in [-0.2, -0.15) is 18.3 Å². The Morgan fingerprint density at radius 3 is 2.45 bits per heavy atom. The lowest BCUT2D eigenvalue weighted by molar-refractivity contribution is -0.137. The van der Waals surface area contributed by atoms with Gasteiger partial charge < -0.3 is 0 Å². The van der Waals surface area contributed by atoms with Gasteiger partial charge in [0.1, 0.15) is 0 Å². The summed E-state index contributed by atoms with van der Waals surface area (Å²) < 4.78 is 38.8. The maximum absolute atomic E-state index is 12.5. The van der Waals surface area contributed by atoms with Crippen molar-refractivity contribution in [1.82, 2.24) is 14.8 Å². The van der Waals surface area contributed by atoms with Crippen LogP contribution in [0, 0.1) is 6.92 Å². The molecule has 4 nitrogen and oxygen atoms in total. The molecular weight excluding hydrogens is 295 g/mol. The van der Waals surface area contributed by atoms with Gasteiger partial charge >= 0.3 is 6.18 Å². The minimum atomic E-state index is -4.52. The minimum absolute atomic E-state index is 0.0460. The average Bonchev–Trinajstić information content (AvgIpc) is 2.70. The lowest BCUT2D eigenvalue weighted by Gasteiger charge is -2.10. The summed E-state index contributed by atoms with van der Waals surface area (Å²) in [4.78, 5) is 15.0. The van der Waals surface area contributed by atoms with Crippen molar-refractivity contribution in [3.8, 4) is 5.82 Å². The van der Waals surface area contributed by atoms with E-state index in [2.05, 4.69) is 10.1 Å². The Kier molecular flexibility index (Phi) is 3.56. The third-order valence-corrected chi connectivity index (χ3v) is 3.02. The van der Waals surface area contributed by atoms with Gasteiger partial charge in [0, 0.05) is 6.20 Å². The monoisotopic (exact) mass is 303 g/mol. The normalized spacial score (nSPS) is 11.7. The van der Waals surface area contributed by atoms with Crippen LogP contribution in [0.1, 0.15) is 28.5 Å². The molecule has 0 unspecified atom stereocenters. The summed E-state index contributed by atoms with van der Waals surface area (Å²) in [5, 5.41) is 3.73. The molecule has 20 heavy (non-hydrogen) atoms. The van der Waals surface area contributed by atoms with Crippen LogP contribution >= 0.6 is 11.6 Å². The summed E-state index contributed by atoms with van der Waals surface area (Å²) in [7, 11) is 0. The highest BCUT2D eigenvalue weighted by Crippen LogP contribution is 2.32. The molecule has 0 saturated carbocycles. The van der Waals surface area contributed by atoms with Crippen LogP contribution in [0.3, 0.4) is 0 Å². The first-order valence-electron chi connectivity index (χ1n) is 5.50. The molecule has 8 heteroatoms. The fourth-order valence-corrected chi connectivity index (χ4v) is 1.96. The van der Waals surface area contributed by atoms with Crippen molar-refractivity contribution in [2.75, 3.05) is 0 Å². The Morgan fingerprint density at radius 2 is 2.00 bits per heavy atom. The molecule has 106 valence electrons. The molecular formula is C12H9ClF3N3O. The first-order valence-corrected chi connectivity index (χ1v) is 5.88. The van der Waals surface area contributed by atoms with Gasteiger partial charge in [0.2, 0.25) is 0 Å². The van der Waals surface area contributed by atoms with E-state index in [4.69, 9.17) is 11.6 Å². The molecule has 2 heterocycles. The first kappa shape index (κ1) is 14.5. The number of halogens is 4. The van der Waals surface area contributed by atoms with E-state index in [0.29, 0.717) is 17.5 Å². The maximum Gasteiger partial charge on any atom is 0.417 e. The predicted octanol–water partition coefficient (Wildman–Crippen LogP) is 3.45. The lowest BCUT2D eigenvalue weighted by Crippen LogP contribution is -2.09. The minimum Gasteiger partial charge on any atom is -0.294 e. The van der Waals surface area contributed by atoms with Crippen molar-refractivity contribution >= 4 is 17.4 Å². The van der Waals surface area contributed by atoms with Crippen LogP contribution < -0.4 is 0 Å². The van der Waals surface area contributed by atoms with Crippen LogP contribution in [-0.4, -0.2) is 20.5 Å². The van der Waals surface area contributed by atoms with Gasteiger partial charge in [-0.3, -0.25) is 4.79 Å². The molecule has 0 aromatic carbocycles. The highest BCUT2D eigenvalue weighted by Gasteiger charge is 2.32. The van der Waals surface area contributed by atoms with E-state index in [1.54, 1.807) is 6.92 Å². The lowest BCUT2D eigenvalue weighted by atomic mass is 10.2. The Morgan fingerprint density at radius 1 is 1.35 bits per heavy atom. The molecule has 0 aliphatic rings. The van der Waals surface area contributed by atoms with Crippen molar-refractivity contribution in [3.63, 3.8) is 0 Å². The Hall–Kier alpha value is -1.89. The van der Waals surface area contributed by atoms with Gasteiger partial charge in [0.05, 0.1) is 28.0 Å². The van der Waals surface area contributed by atoms with Crippen molar-refractivity contribution in [2.24, 2.45) is 0 Å². The van der Waals surface area contributed by atoms with E-state index in [9.17, 15) is 18.0 Å². The molecule has 0 radical (unpaired) electrons. The molecule has 0 amide bonds. The van der Waals surface area contributed by atoms with Gasteiger partial charge in [0.15, 0.2) is 11.6 Å². The highest BCUT2D eigenvalue weighted by atomic mass is 35.5. The number of alkyl halides is 3. The number of rotatable bonds is 2. The number of ketones is 1. The Balaban J connectivity index is 2.52. The van der Waals surface area contributed by atoms with E-state index in [1.807, 2.05) is 0 Å². The largest absolute Gasteiger partial charge is 0.417 e. The van der Waals surface area contributed by atoms with Crippen molar-refractivity contribution in [1.29, 1.82) is 0 Å². The molecule has 2 aromatic rings. The van der Waals surface area contributed by atoms with Crippen molar-refractivity contribution in [2.45, 2.75) is 20.0 Å². The Bertz CT molecular complexity index is 679. The molecule has 0 saturated heterocycles. The second-order valence-corrected chi connectivity index (χ2v) is 4.55. The van der Waals surface area contributed by atoms with Crippen LogP contribution in [-0.2, 0) is 6.18 Å². The van der Waals surface area contributed by atoms with Gasteiger partial charge in [-0.15, -0.1) is 0 Å². The summed E-state index contributed by atoms with van der Waals surface area (Å²) in [5.41, 5.74) is -0.114. The summed E-state index contributed by atoms with van der Waals surface area (Å²) in [5.74, 6) is -0.151. The van der Waals surface area contributed by atoms with Crippen LogP contribution in [0.5, 0.6) is 0 Å². The maximum atomic E-state index is 12.5. The van der Waals surface area contributed by atoms with Crippen molar-refractivity contribution in [3.05, 3.63) is 40.3 Å². The number of Topliss-reactive ketones (excluding diaryl/α,β-unsaturated/α-hetero) is 1. The predicted molar refractivity (Wildman–Crippen MR) is 66.1 cm³/mol. The molecule has 0 N–H and O–H groups in total. The number of hydrogen-bond acceptors (Lipinski definition) is 3. The standard InChI is InChI=1S/C12H9ClF3N3O/c1-6-9(7(2)20)5-18-19(6)11-10(13)3-8(4-17-11)12(14,15)16/h3-5H,1-2H3. The third-order valence-electron chi connectivity index (χ3n) is 2.74. The zero-order valence-corrected chi connectivity index (χ0v) is 11.2. The van der Waals surface area contributed by atoms with E-state index >= 15 is 0 Å². The number of carbonyl (C=O) groups excluding carboxylic acids is 1. The average molecular weight is 304 g/mol. The van der Waals surface area contributed by atoms with Crippen molar-refractivity contribution < 1.29 is 18.0 Å². The molecule has 0 aliphatic heterocycles. The number of aromatic nitrogens is 3. The molecule has 0 spiro atoms. The fraction of sp³-hybridized carbons (Fsp3) is 0.250. The van der Waals surface area contributed by atoms with E-state index in [-0.39, 0.29) is 16.6 Å². The summed E-state index contributed by atoms with van der Waals surface area (Å²) in [6, 6.07) is 0.776. The molecule has 0 fully saturated rings. The zero-order chi connectivity index (χ0) is 15.1. The molecule has 2 rings (SSSR count). The van der Waals surface area contributed by atoms with Crippen LogP contribution in [0.25, 0.3) is 5.82 Å². The van der Waals surface area contributed by atoms with E-state index in [0.717, 1.165) is 6.07 Å². The van der Waals surface area contributed by atoms with E-state index < -0.39 is 11.7 Å². The number of hydrogen-bond donors (Lipinski definition) is 0. The third kappa shape index (κ3) is 2.53. The van der Waals surface area contributed by atoms with Gasteiger partial charge in [-0.25, -0.2) is 9.67 Å². The summed E-state index contributed by atoms with van der Waals surface area (Å²) in [6.07, 6.45) is -2.51. The summed E-state index contributed by atoms with van der Waals surface area (Å²) >= 11 is 5.82. The molecule has 0 aliphatic carbocycles. The van der Waals surface area contributed by atoms with Gasteiger partial charge in [0.25, 0.3) is 0 Å². The second-order valence-electron chi connectivity index (χ2n) is 4.14. The Labute approximate surface area is 117 Å². The van der Waals surface area contributed by atoms with Crippen LogP contribution in [0.15, 0.2) is 18.5 Å². The smallest absolute Gasteiger partial charge is 0.294 e. The topological polar surface area (TPSA) is 47.8 Å². The second kappa shape index (κ2) is 4.90.